The largest absolute Gasteiger partial charge is 0.335 e. The molecular formula is C21H20FN3O2. The monoisotopic (exact) mass is 365 g/mol. The van der Waals surface area contributed by atoms with Crippen molar-refractivity contribution in [2.75, 3.05) is 6.54 Å². The number of benzene rings is 2. The summed E-state index contributed by atoms with van der Waals surface area (Å²) in [5.41, 5.74) is 1.41. The summed E-state index contributed by atoms with van der Waals surface area (Å²) in [5.74, 6) is 0.290. The minimum absolute atomic E-state index is 0.0441. The first-order valence-corrected chi connectivity index (χ1v) is 9.09. The van der Waals surface area contributed by atoms with Gasteiger partial charge in [0.1, 0.15) is 11.6 Å². The van der Waals surface area contributed by atoms with Crippen molar-refractivity contribution in [2.24, 2.45) is 5.92 Å². The maximum Gasteiger partial charge on any atom is 0.258 e. The highest BCUT2D eigenvalue weighted by atomic mass is 19.1. The van der Waals surface area contributed by atoms with E-state index in [1.165, 1.54) is 12.1 Å². The number of aromatic amines is 1. The molecule has 138 valence electrons. The van der Waals surface area contributed by atoms with E-state index in [1.807, 2.05) is 13.0 Å². The van der Waals surface area contributed by atoms with Gasteiger partial charge in [0.05, 0.1) is 17.4 Å². The molecule has 5 nitrogen and oxygen atoms in total. The number of nitrogens with one attached hydrogen (secondary N) is 1. The van der Waals surface area contributed by atoms with E-state index >= 15 is 0 Å². The predicted octanol–water partition coefficient (Wildman–Crippen LogP) is 3.21. The molecule has 0 radical (unpaired) electrons. The van der Waals surface area contributed by atoms with Gasteiger partial charge in [0.25, 0.3) is 5.56 Å². The average molecular weight is 365 g/mol. The van der Waals surface area contributed by atoms with Gasteiger partial charge in [-0.15, -0.1) is 0 Å². The summed E-state index contributed by atoms with van der Waals surface area (Å²) in [6.07, 6.45) is 0.767. The number of carbonyl (C=O) groups is 1. The first-order valence-electron chi connectivity index (χ1n) is 9.09. The molecule has 4 rings (SSSR count). The van der Waals surface area contributed by atoms with Gasteiger partial charge >= 0.3 is 0 Å². The van der Waals surface area contributed by atoms with Crippen LogP contribution in [0.2, 0.25) is 0 Å². The fourth-order valence-electron chi connectivity index (χ4n) is 3.52. The Balaban J connectivity index is 1.50. The number of amides is 1. The van der Waals surface area contributed by atoms with Gasteiger partial charge in [-0.2, -0.15) is 0 Å². The van der Waals surface area contributed by atoms with Crippen LogP contribution in [0.15, 0.2) is 53.3 Å². The molecule has 1 saturated carbocycles. The number of H-pyrrole nitrogens is 1. The normalized spacial score (nSPS) is 18.4. The van der Waals surface area contributed by atoms with Crippen LogP contribution in [0.4, 0.5) is 4.39 Å². The van der Waals surface area contributed by atoms with Crippen molar-refractivity contribution in [2.45, 2.75) is 25.8 Å². The second kappa shape index (κ2) is 6.95. The summed E-state index contributed by atoms with van der Waals surface area (Å²) in [6, 6.07) is 13.5. The smallest absolute Gasteiger partial charge is 0.258 e. The Hall–Kier alpha value is -3.02. The van der Waals surface area contributed by atoms with Gasteiger partial charge in [-0.25, -0.2) is 9.37 Å². The van der Waals surface area contributed by atoms with Crippen LogP contribution in [0.3, 0.4) is 0 Å². The molecule has 2 aromatic carbocycles. The minimum Gasteiger partial charge on any atom is -0.335 e. The highest BCUT2D eigenvalue weighted by Crippen LogP contribution is 2.48. The molecule has 0 saturated heterocycles. The lowest BCUT2D eigenvalue weighted by Crippen LogP contribution is -2.33. The van der Waals surface area contributed by atoms with Crippen LogP contribution in [-0.4, -0.2) is 27.3 Å². The zero-order valence-corrected chi connectivity index (χ0v) is 15.0. The maximum atomic E-state index is 13.1. The van der Waals surface area contributed by atoms with Crippen molar-refractivity contribution in [3.05, 3.63) is 76.1 Å². The first-order chi connectivity index (χ1) is 13.1. The average Bonchev–Trinajstić information content (AvgIpc) is 3.47. The van der Waals surface area contributed by atoms with E-state index in [1.54, 1.807) is 35.2 Å². The fourth-order valence-corrected chi connectivity index (χ4v) is 3.52. The summed E-state index contributed by atoms with van der Waals surface area (Å²) in [7, 11) is 0. The molecule has 1 amide bonds. The Kier molecular flexibility index (Phi) is 4.48. The molecule has 1 aliphatic rings. The molecular weight excluding hydrogens is 345 g/mol. The van der Waals surface area contributed by atoms with Gasteiger partial charge in [-0.05, 0) is 49.1 Å². The number of hydrogen-bond acceptors (Lipinski definition) is 3. The van der Waals surface area contributed by atoms with Crippen LogP contribution >= 0.6 is 0 Å². The van der Waals surface area contributed by atoms with E-state index in [-0.39, 0.29) is 35.7 Å². The number of aromatic nitrogens is 2. The van der Waals surface area contributed by atoms with Crippen molar-refractivity contribution in [1.29, 1.82) is 0 Å². The van der Waals surface area contributed by atoms with Gasteiger partial charge in [-0.3, -0.25) is 9.59 Å². The number of para-hydroxylation sites is 1. The van der Waals surface area contributed by atoms with E-state index in [0.717, 1.165) is 12.0 Å². The van der Waals surface area contributed by atoms with Crippen LogP contribution in [0.25, 0.3) is 10.9 Å². The predicted molar refractivity (Wildman–Crippen MR) is 101 cm³/mol. The standard InChI is InChI=1S/C21H20FN3O2/c1-2-25(12-19-23-18-6-4-3-5-15(18)20(26)24-19)21(27)17-11-16(17)13-7-9-14(22)10-8-13/h3-10,16-17H,2,11-12H2,1H3,(H,23,24,26). The fraction of sp³-hybridized carbons (Fsp3) is 0.286. The summed E-state index contributed by atoms with van der Waals surface area (Å²) >= 11 is 0. The molecule has 27 heavy (non-hydrogen) atoms. The third-order valence-electron chi connectivity index (χ3n) is 5.10. The Morgan fingerprint density at radius 2 is 1.96 bits per heavy atom. The maximum absolute atomic E-state index is 13.1. The Bertz CT molecular complexity index is 1050. The molecule has 1 fully saturated rings. The molecule has 1 aromatic heterocycles. The summed E-state index contributed by atoms with van der Waals surface area (Å²) < 4.78 is 13.1. The van der Waals surface area contributed by atoms with E-state index < -0.39 is 0 Å². The molecule has 3 aromatic rings. The molecule has 0 spiro atoms. The van der Waals surface area contributed by atoms with Crippen LogP contribution in [0, 0.1) is 11.7 Å². The van der Waals surface area contributed by atoms with Gasteiger partial charge in [0, 0.05) is 12.5 Å². The summed E-state index contributed by atoms with van der Waals surface area (Å²) in [4.78, 5) is 34.1. The second-order valence-corrected chi connectivity index (χ2v) is 6.88. The van der Waals surface area contributed by atoms with E-state index in [9.17, 15) is 14.0 Å². The van der Waals surface area contributed by atoms with Gasteiger partial charge in [0.15, 0.2) is 0 Å². The van der Waals surface area contributed by atoms with Crippen LogP contribution < -0.4 is 5.56 Å². The lowest BCUT2D eigenvalue weighted by atomic mass is 10.1. The van der Waals surface area contributed by atoms with Gasteiger partial charge in [-0.1, -0.05) is 24.3 Å². The second-order valence-electron chi connectivity index (χ2n) is 6.88. The third-order valence-corrected chi connectivity index (χ3v) is 5.10. The number of nitrogens with zero attached hydrogens (tertiary/aromatic N) is 2. The molecule has 0 aliphatic heterocycles. The minimum atomic E-state index is -0.274. The molecule has 1 aliphatic carbocycles. The number of hydrogen-bond donors (Lipinski definition) is 1. The lowest BCUT2D eigenvalue weighted by Gasteiger charge is -2.20. The zero-order chi connectivity index (χ0) is 19.0. The van der Waals surface area contributed by atoms with E-state index in [4.69, 9.17) is 0 Å². The van der Waals surface area contributed by atoms with Crippen molar-refractivity contribution < 1.29 is 9.18 Å². The van der Waals surface area contributed by atoms with Crippen molar-refractivity contribution in [1.82, 2.24) is 14.9 Å². The van der Waals surface area contributed by atoms with Crippen LogP contribution in [0.5, 0.6) is 0 Å². The molecule has 1 heterocycles. The summed E-state index contributed by atoms with van der Waals surface area (Å²) in [5, 5.41) is 0.536. The number of rotatable bonds is 5. The molecule has 2 unspecified atom stereocenters. The SMILES string of the molecule is CCN(Cc1nc2ccccc2c(=O)[nH]1)C(=O)C1CC1c1ccc(F)cc1. The van der Waals surface area contributed by atoms with Crippen LogP contribution in [0.1, 0.15) is 30.7 Å². The lowest BCUT2D eigenvalue weighted by molar-refractivity contribution is -0.133. The number of carbonyl (C=O) groups excluding carboxylic acids is 1. The molecule has 1 N–H and O–H groups in total. The van der Waals surface area contributed by atoms with Crippen molar-refractivity contribution >= 4 is 16.8 Å². The third kappa shape index (κ3) is 3.47. The Morgan fingerprint density at radius 3 is 2.70 bits per heavy atom. The Morgan fingerprint density at radius 1 is 1.22 bits per heavy atom. The first kappa shape index (κ1) is 17.4. The number of fused-ring (bicyclic) bond motifs is 1. The highest BCUT2D eigenvalue weighted by Gasteiger charge is 2.45. The molecule has 2 atom stereocenters. The quantitative estimate of drug-likeness (QED) is 0.755. The van der Waals surface area contributed by atoms with Crippen molar-refractivity contribution in [3.8, 4) is 0 Å². The van der Waals surface area contributed by atoms with Crippen molar-refractivity contribution in [3.63, 3.8) is 0 Å². The Labute approximate surface area is 155 Å². The molecule has 0 bridgehead atoms. The molecule has 6 heteroatoms. The van der Waals surface area contributed by atoms with E-state index in [0.29, 0.717) is 23.3 Å². The topological polar surface area (TPSA) is 66.1 Å². The zero-order valence-electron chi connectivity index (χ0n) is 15.0. The van der Waals surface area contributed by atoms with Crippen LogP contribution in [-0.2, 0) is 11.3 Å². The highest BCUT2D eigenvalue weighted by molar-refractivity contribution is 5.83. The van der Waals surface area contributed by atoms with Gasteiger partial charge < -0.3 is 9.88 Å². The van der Waals surface area contributed by atoms with E-state index in [2.05, 4.69) is 9.97 Å². The van der Waals surface area contributed by atoms with Gasteiger partial charge in [0.2, 0.25) is 5.91 Å². The summed E-state index contributed by atoms with van der Waals surface area (Å²) in [6.45, 7) is 2.70. The number of halogens is 1.